The summed E-state index contributed by atoms with van der Waals surface area (Å²) in [6.45, 7) is 5.05. The van der Waals surface area contributed by atoms with E-state index in [1.807, 2.05) is 6.92 Å². The molecule has 3 nitrogen and oxygen atoms in total. The summed E-state index contributed by atoms with van der Waals surface area (Å²) in [6, 6.07) is 0. The van der Waals surface area contributed by atoms with Crippen molar-refractivity contribution in [3.63, 3.8) is 0 Å². The van der Waals surface area contributed by atoms with E-state index < -0.39 is 0 Å². The average molecular weight is 141 g/mol. The summed E-state index contributed by atoms with van der Waals surface area (Å²) in [7, 11) is 0. The zero-order chi connectivity index (χ0) is 8.15. The van der Waals surface area contributed by atoms with Crippen LogP contribution in [-0.2, 0) is 0 Å². The molecule has 0 unspecified atom stereocenters. The first-order chi connectivity index (χ1) is 4.59. The third-order valence-corrected chi connectivity index (χ3v) is 1.26. The van der Waals surface area contributed by atoms with E-state index in [2.05, 4.69) is 0 Å². The molecule has 10 heavy (non-hydrogen) atoms. The lowest BCUT2D eigenvalue weighted by Gasteiger charge is -1.91. The Labute approximate surface area is 60.2 Å². The quantitative estimate of drug-likeness (QED) is 0.336. The summed E-state index contributed by atoms with van der Waals surface area (Å²) < 4.78 is 0. The smallest absolute Gasteiger partial charge is 0.246 e. The second kappa shape index (κ2) is 3.82. The van der Waals surface area contributed by atoms with Crippen LogP contribution in [0.2, 0.25) is 0 Å². The summed E-state index contributed by atoms with van der Waals surface area (Å²) in [5.74, 6) is 0. The summed E-state index contributed by atoms with van der Waals surface area (Å²) in [5, 5.41) is 10.1. The molecule has 0 rings (SSSR count). The van der Waals surface area contributed by atoms with Gasteiger partial charge in [-0.3, -0.25) is 10.1 Å². The third kappa shape index (κ3) is 2.44. The van der Waals surface area contributed by atoms with Gasteiger partial charge >= 0.3 is 0 Å². The van der Waals surface area contributed by atoms with Gasteiger partial charge in [0, 0.05) is 12.5 Å². The van der Waals surface area contributed by atoms with E-state index in [4.69, 9.17) is 0 Å². The fraction of sp³-hybridized carbons (Fsp3) is 0.429. The number of hydrogen-bond donors (Lipinski definition) is 0. The first-order valence-electron chi connectivity index (χ1n) is 3.04. The number of nitro groups is 1. The van der Waals surface area contributed by atoms with Crippen LogP contribution in [0.4, 0.5) is 0 Å². The van der Waals surface area contributed by atoms with Crippen LogP contribution in [0.5, 0.6) is 0 Å². The van der Waals surface area contributed by atoms with Crippen molar-refractivity contribution in [2.45, 2.75) is 20.8 Å². The Balaban J connectivity index is 4.50. The van der Waals surface area contributed by atoms with E-state index in [0.717, 1.165) is 0 Å². The molecule has 0 N–H and O–H groups in total. The van der Waals surface area contributed by atoms with Gasteiger partial charge in [-0.05, 0) is 13.8 Å². The highest BCUT2D eigenvalue weighted by atomic mass is 16.6. The zero-order valence-corrected chi connectivity index (χ0v) is 6.42. The molecule has 0 heterocycles. The van der Waals surface area contributed by atoms with E-state index >= 15 is 0 Å². The van der Waals surface area contributed by atoms with Crippen LogP contribution in [0.3, 0.4) is 0 Å². The average Bonchev–Trinajstić information content (AvgIpc) is 1.87. The number of nitrogens with zero attached hydrogens (tertiary/aromatic N) is 1. The van der Waals surface area contributed by atoms with Gasteiger partial charge in [0.05, 0.1) is 4.92 Å². The SMILES string of the molecule is C/C=C\C(C)=C(/C)[N+](=O)[O-]. The van der Waals surface area contributed by atoms with Crippen molar-refractivity contribution in [3.8, 4) is 0 Å². The normalized spacial score (nSPS) is 13.5. The van der Waals surface area contributed by atoms with Crippen LogP contribution in [0.1, 0.15) is 20.8 Å². The molecule has 0 spiro atoms. The summed E-state index contributed by atoms with van der Waals surface area (Å²) in [5.41, 5.74) is 0.908. The molecule has 0 aliphatic carbocycles. The predicted molar refractivity (Wildman–Crippen MR) is 40.2 cm³/mol. The molecule has 0 saturated heterocycles. The molecule has 3 heteroatoms. The minimum Gasteiger partial charge on any atom is -0.259 e. The van der Waals surface area contributed by atoms with Gasteiger partial charge < -0.3 is 0 Å². The minimum atomic E-state index is -0.380. The molecular weight excluding hydrogens is 130 g/mol. The number of hydrogen-bond acceptors (Lipinski definition) is 2. The van der Waals surface area contributed by atoms with E-state index in [1.54, 1.807) is 19.1 Å². The van der Waals surface area contributed by atoms with Crippen molar-refractivity contribution in [2.24, 2.45) is 0 Å². The molecule has 0 aliphatic rings. The molecule has 0 aromatic rings. The van der Waals surface area contributed by atoms with Gasteiger partial charge in [-0.15, -0.1) is 0 Å². The van der Waals surface area contributed by atoms with E-state index in [9.17, 15) is 10.1 Å². The van der Waals surface area contributed by atoms with Crippen molar-refractivity contribution in [1.29, 1.82) is 0 Å². The summed E-state index contributed by atoms with van der Waals surface area (Å²) in [6.07, 6.45) is 3.50. The molecule has 0 amide bonds. The summed E-state index contributed by atoms with van der Waals surface area (Å²) in [4.78, 5) is 9.75. The Bertz CT molecular complexity index is 192. The molecule has 0 fully saturated rings. The lowest BCUT2D eigenvalue weighted by Crippen LogP contribution is -1.95. The number of allylic oxidation sites excluding steroid dienone is 4. The van der Waals surface area contributed by atoms with Gasteiger partial charge in [0.15, 0.2) is 0 Å². The van der Waals surface area contributed by atoms with Crippen LogP contribution < -0.4 is 0 Å². The first-order valence-corrected chi connectivity index (χ1v) is 3.04. The van der Waals surface area contributed by atoms with Crippen molar-refractivity contribution < 1.29 is 4.92 Å². The van der Waals surface area contributed by atoms with Gasteiger partial charge in [-0.2, -0.15) is 0 Å². The summed E-state index contributed by atoms with van der Waals surface area (Å²) >= 11 is 0. The highest BCUT2D eigenvalue weighted by molar-refractivity contribution is 5.17. The fourth-order valence-electron chi connectivity index (χ4n) is 0.515. The molecule has 0 bridgehead atoms. The van der Waals surface area contributed by atoms with Crippen molar-refractivity contribution >= 4 is 0 Å². The molecule has 0 saturated carbocycles. The predicted octanol–water partition coefficient (Wildman–Crippen LogP) is 2.13. The van der Waals surface area contributed by atoms with Crippen molar-refractivity contribution in [1.82, 2.24) is 0 Å². The molecule has 0 radical (unpaired) electrons. The third-order valence-electron chi connectivity index (χ3n) is 1.26. The largest absolute Gasteiger partial charge is 0.259 e. The Morgan fingerprint density at radius 2 is 2.00 bits per heavy atom. The van der Waals surface area contributed by atoms with Crippen LogP contribution in [0.15, 0.2) is 23.4 Å². The molecular formula is C7H11NO2. The number of rotatable bonds is 2. The Kier molecular flexibility index (Phi) is 3.39. The van der Waals surface area contributed by atoms with E-state index in [0.29, 0.717) is 5.57 Å². The Morgan fingerprint density at radius 3 is 2.30 bits per heavy atom. The topological polar surface area (TPSA) is 43.1 Å². The Morgan fingerprint density at radius 1 is 1.50 bits per heavy atom. The van der Waals surface area contributed by atoms with Gasteiger partial charge in [-0.1, -0.05) is 12.2 Å². The minimum absolute atomic E-state index is 0.207. The molecule has 0 aliphatic heterocycles. The van der Waals surface area contributed by atoms with Gasteiger partial charge in [-0.25, -0.2) is 0 Å². The lowest BCUT2D eigenvalue weighted by atomic mass is 10.2. The maximum atomic E-state index is 10.1. The van der Waals surface area contributed by atoms with Crippen LogP contribution >= 0.6 is 0 Å². The van der Waals surface area contributed by atoms with Gasteiger partial charge in [0.2, 0.25) is 5.70 Å². The maximum Gasteiger partial charge on any atom is 0.246 e. The van der Waals surface area contributed by atoms with E-state index in [1.165, 1.54) is 6.92 Å². The van der Waals surface area contributed by atoms with Gasteiger partial charge in [0.1, 0.15) is 0 Å². The lowest BCUT2D eigenvalue weighted by molar-refractivity contribution is -0.425. The molecule has 56 valence electrons. The highest BCUT2D eigenvalue weighted by Gasteiger charge is 2.03. The monoisotopic (exact) mass is 141 g/mol. The molecule has 0 aromatic carbocycles. The Hall–Kier alpha value is -1.12. The highest BCUT2D eigenvalue weighted by Crippen LogP contribution is 2.04. The van der Waals surface area contributed by atoms with Crippen LogP contribution in [-0.4, -0.2) is 4.92 Å². The van der Waals surface area contributed by atoms with Gasteiger partial charge in [0.25, 0.3) is 0 Å². The maximum absolute atomic E-state index is 10.1. The molecule has 0 atom stereocenters. The second-order valence-electron chi connectivity index (χ2n) is 2.03. The van der Waals surface area contributed by atoms with Crippen molar-refractivity contribution in [2.75, 3.05) is 0 Å². The molecule has 0 aromatic heterocycles. The standard InChI is InChI=1S/C7H11NO2/c1-4-5-6(2)7(3)8(9)10/h4-5H,1-3H3/b5-4-,7-6+. The van der Waals surface area contributed by atoms with Crippen LogP contribution in [0.25, 0.3) is 0 Å². The first kappa shape index (κ1) is 8.88. The van der Waals surface area contributed by atoms with E-state index in [-0.39, 0.29) is 10.6 Å². The van der Waals surface area contributed by atoms with Crippen LogP contribution in [0, 0.1) is 10.1 Å². The zero-order valence-electron chi connectivity index (χ0n) is 6.42. The second-order valence-corrected chi connectivity index (χ2v) is 2.03. The van der Waals surface area contributed by atoms with Crippen molar-refractivity contribution in [3.05, 3.63) is 33.5 Å². The fourth-order valence-corrected chi connectivity index (χ4v) is 0.515.